The highest BCUT2D eigenvalue weighted by molar-refractivity contribution is 5.98. The molecule has 4 aromatic rings. The molecular weight excluding hydrogens is 458 g/mol. The van der Waals surface area contributed by atoms with Crippen LogP contribution in [0.25, 0.3) is 17.0 Å². The Morgan fingerprint density at radius 3 is 2.47 bits per heavy atom. The number of aromatic nitrogens is 1. The Morgan fingerprint density at radius 2 is 1.69 bits per heavy atom. The number of amides is 2. The molecule has 3 aromatic carbocycles. The average Bonchev–Trinajstić information content (AvgIpc) is 2.93. The number of para-hydroxylation sites is 1. The van der Waals surface area contributed by atoms with E-state index in [0.717, 1.165) is 16.5 Å². The fourth-order valence-electron chi connectivity index (χ4n) is 3.47. The van der Waals surface area contributed by atoms with E-state index >= 15 is 0 Å². The third-order valence-electron chi connectivity index (χ3n) is 5.36. The number of carbonyl (C=O) groups excluding carboxylic acids is 2. The zero-order valence-corrected chi connectivity index (χ0v) is 19.9. The first kappa shape index (κ1) is 24.3. The summed E-state index contributed by atoms with van der Waals surface area (Å²) in [6, 6.07) is 21.8. The second kappa shape index (κ2) is 11.5. The van der Waals surface area contributed by atoms with E-state index in [1.807, 2.05) is 30.3 Å². The van der Waals surface area contributed by atoms with Gasteiger partial charge in [-0.3, -0.25) is 25.4 Å². The highest BCUT2D eigenvalue weighted by atomic mass is 16.5. The van der Waals surface area contributed by atoms with Crippen LogP contribution in [0.5, 0.6) is 17.2 Å². The van der Waals surface area contributed by atoms with Gasteiger partial charge in [-0.1, -0.05) is 30.3 Å². The van der Waals surface area contributed by atoms with Crippen LogP contribution in [0.2, 0.25) is 0 Å². The maximum Gasteiger partial charge on any atom is 0.269 e. The van der Waals surface area contributed by atoms with E-state index in [2.05, 4.69) is 15.8 Å². The number of hydrogen-bond donors (Lipinski definition) is 2. The first-order chi connectivity index (χ1) is 17.6. The predicted octanol–water partition coefficient (Wildman–Crippen LogP) is 4.31. The molecule has 0 saturated carbocycles. The number of pyridine rings is 1. The number of carbonyl (C=O) groups is 2. The molecule has 2 N–H and O–H groups in total. The zero-order chi connectivity index (χ0) is 25.3. The summed E-state index contributed by atoms with van der Waals surface area (Å²) in [5.74, 6) is 0.970. The molecule has 182 valence electrons. The Morgan fingerprint density at radius 1 is 0.889 bits per heavy atom. The summed E-state index contributed by atoms with van der Waals surface area (Å²) in [5, 5.41) is 1.00. The smallest absolute Gasteiger partial charge is 0.269 e. The van der Waals surface area contributed by atoms with Crippen molar-refractivity contribution in [3.8, 4) is 17.2 Å². The van der Waals surface area contributed by atoms with Gasteiger partial charge in [0.2, 0.25) is 0 Å². The van der Waals surface area contributed by atoms with Gasteiger partial charge < -0.3 is 14.2 Å². The molecule has 4 rings (SSSR count). The number of methoxy groups -OCH3 is 2. The second-order valence-corrected chi connectivity index (χ2v) is 7.70. The number of ether oxygens (including phenoxy) is 3. The van der Waals surface area contributed by atoms with Gasteiger partial charge in [0.25, 0.3) is 11.8 Å². The molecule has 0 bridgehead atoms. The zero-order valence-electron chi connectivity index (χ0n) is 19.9. The average molecular weight is 484 g/mol. The Kier molecular flexibility index (Phi) is 7.77. The number of nitrogens with one attached hydrogen (secondary N) is 2. The highest BCUT2D eigenvalue weighted by Crippen LogP contribution is 2.25. The number of nitrogens with zero attached hydrogens (tertiary/aromatic N) is 1. The van der Waals surface area contributed by atoms with Crippen LogP contribution in [-0.2, 0) is 11.4 Å². The number of benzene rings is 3. The number of fused-ring (bicyclic) bond motifs is 1. The molecule has 8 nitrogen and oxygen atoms in total. The molecule has 8 heteroatoms. The quantitative estimate of drug-likeness (QED) is 0.286. The van der Waals surface area contributed by atoms with Crippen LogP contribution in [-0.4, -0.2) is 31.0 Å². The summed E-state index contributed by atoms with van der Waals surface area (Å²) in [6.07, 6.45) is 4.59. The van der Waals surface area contributed by atoms with Crippen molar-refractivity contribution in [2.75, 3.05) is 14.2 Å². The third-order valence-corrected chi connectivity index (χ3v) is 5.36. The SMILES string of the molecule is COc1ccc(OC)c(/C=C/C(=O)NNC(=O)c2ccc(COc3cccc4cccnc34)cc2)c1. The number of hydrogen-bond acceptors (Lipinski definition) is 6. The van der Waals surface area contributed by atoms with E-state index < -0.39 is 11.8 Å². The van der Waals surface area contributed by atoms with Gasteiger partial charge in [-0.25, -0.2) is 0 Å². The van der Waals surface area contributed by atoms with Crippen molar-refractivity contribution in [2.45, 2.75) is 6.61 Å². The third kappa shape index (κ3) is 5.98. The summed E-state index contributed by atoms with van der Waals surface area (Å²) in [6.45, 7) is 0.326. The molecule has 2 amide bonds. The minimum Gasteiger partial charge on any atom is -0.497 e. The lowest BCUT2D eigenvalue weighted by atomic mass is 10.1. The maximum absolute atomic E-state index is 12.4. The van der Waals surface area contributed by atoms with Crippen molar-refractivity contribution in [2.24, 2.45) is 0 Å². The normalized spacial score (nSPS) is 10.7. The molecule has 0 spiro atoms. The van der Waals surface area contributed by atoms with Crippen molar-refractivity contribution in [1.29, 1.82) is 0 Å². The van der Waals surface area contributed by atoms with E-state index in [-0.39, 0.29) is 0 Å². The number of hydrazine groups is 1. The first-order valence-electron chi connectivity index (χ1n) is 11.1. The fraction of sp³-hybridized carbons (Fsp3) is 0.107. The predicted molar refractivity (Wildman–Crippen MR) is 137 cm³/mol. The monoisotopic (exact) mass is 483 g/mol. The molecule has 0 aliphatic rings. The Balaban J connectivity index is 1.30. The molecule has 1 aromatic heterocycles. The second-order valence-electron chi connectivity index (χ2n) is 7.70. The Labute approximate surface area is 208 Å². The number of rotatable bonds is 8. The van der Waals surface area contributed by atoms with Gasteiger partial charge in [0, 0.05) is 28.8 Å². The van der Waals surface area contributed by atoms with Gasteiger partial charge in [0.15, 0.2) is 0 Å². The van der Waals surface area contributed by atoms with Gasteiger partial charge in [-0.05, 0) is 54.1 Å². The van der Waals surface area contributed by atoms with Crippen molar-refractivity contribution in [3.05, 3.63) is 102 Å². The summed E-state index contributed by atoms with van der Waals surface area (Å²) in [7, 11) is 3.09. The van der Waals surface area contributed by atoms with Gasteiger partial charge in [-0.15, -0.1) is 0 Å². The summed E-state index contributed by atoms with van der Waals surface area (Å²) in [5.41, 5.74) is 7.50. The molecular formula is C28H25N3O5. The van der Waals surface area contributed by atoms with E-state index in [0.29, 0.717) is 35.0 Å². The molecule has 36 heavy (non-hydrogen) atoms. The maximum atomic E-state index is 12.4. The van der Waals surface area contributed by atoms with Crippen molar-refractivity contribution < 1.29 is 23.8 Å². The van der Waals surface area contributed by atoms with Crippen molar-refractivity contribution >= 4 is 28.8 Å². The van der Waals surface area contributed by atoms with E-state index in [9.17, 15) is 9.59 Å². The molecule has 0 saturated heterocycles. The van der Waals surface area contributed by atoms with E-state index in [1.165, 1.54) is 13.2 Å². The van der Waals surface area contributed by atoms with Gasteiger partial charge in [0.1, 0.15) is 29.4 Å². The van der Waals surface area contributed by atoms with Crippen molar-refractivity contribution in [1.82, 2.24) is 15.8 Å². The molecule has 0 aliphatic carbocycles. The standard InChI is InChI=1S/C28H25N3O5/c1-34-23-13-14-24(35-2)22(17-23)12-15-26(32)30-31-28(33)21-10-8-19(9-11-21)18-36-25-7-3-5-20-6-4-16-29-27(20)25/h3-17H,18H2,1-2H3,(H,30,32)(H,31,33)/b15-12+. The van der Waals surface area contributed by atoms with E-state index in [1.54, 1.807) is 61.8 Å². The van der Waals surface area contributed by atoms with Crippen LogP contribution >= 0.6 is 0 Å². The van der Waals surface area contributed by atoms with Crippen LogP contribution in [0.1, 0.15) is 21.5 Å². The Hall–Kier alpha value is -4.85. The van der Waals surface area contributed by atoms with Crippen LogP contribution in [0.4, 0.5) is 0 Å². The molecule has 0 unspecified atom stereocenters. The molecule has 0 atom stereocenters. The van der Waals surface area contributed by atoms with Crippen LogP contribution in [0.15, 0.2) is 85.1 Å². The molecule has 0 radical (unpaired) electrons. The van der Waals surface area contributed by atoms with Crippen LogP contribution < -0.4 is 25.1 Å². The molecule has 0 fully saturated rings. The highest BCUT2D eigenvalue weighted by Gasteiger charge is 2.08. The molecule has 0 aliphatic heterocycles. The summed E-state index contributed by atoms with van der Waals surface area (Å²) >= 11 is 0. The topological polar surface area (TPSA) is 98.8 Å². The summed E-state index contributed by atoms with van der Waals surface area (Å²) in [4.78, 5) is 29.0. The van der Waals surface area contributed by atoms with Crippen molar-refractivity contribution in [3.63, 3.8) is 0 Å². The largest absolute Gasteiger partial charge is 0.497 e. The van der Waals surface area contributed by atoms with E-state index in [4.69, 9.17) is 14.2 Å². The molecule has 1 heterocycles. The first-order valence-corrected chi connectivity index (χ1v) is 11.1. The van der Waals surface area contributed by atoms with Crippen LogP contribution in [0, 0.1) is 0 Å². The fourth-order valence-corrected chi connectivity index (χ4v) is 3.47. The lowest BCUT2D eigenvalue weighted by molar-refractivity contribution is -0.117. The van der Waals surface area contributed by atoms with Gasteiger partial charge in [-0.2, -0.15) is 0 Å². The van der Waals surface area contributed by atoms with Gasteiger partial charge in [0.05, 0.1) is 14.2 Å². The minimum atomic E-state index is -0.498. The lowest BCUT2D eigenvalue weighted by Gasteiger charge is -2.10. The van der Waals surface area contributed by atoms with Crippen LogP contribution in [0.3, 0.4) is 0 Å². The van der Waals surface area contributed by atoms with Gasteiger partial charge >= 0.3 is 0 Å². The minimum absolute atomic E-state index is 0.326. The summed E-state index contributed by atoms with van der Waals surface area (Å²) < 4.78 is 16.4. The Bertz CT molecular complexity index is 1390. The lowest BCUT2D eigenvalue weighted by Crippen LogP contribution is -2.40.